The quantitative estimate of drug-likeness (QED) is 0.528. The molecule has 0 saturated carbocycles. The number of carboxylic acid groups (broad SMARTS) is 1. The monoisotopic (exact) mass is 444 g/mol. The van der Waals surface area contributed by atoms with E-state index in [1.165, 1.54) is 30.3 Å². The van der Waals surface area contributed by atoms with Crippen LogP contribution in [0.5, 0.6) is 5.75 Å². The van der Waals surface area contributed by atoms with Gasteiger partial charge in [0, 0.05) is 17.5 Å². The van der Waals surface area contributed by atoms with Crippen LogP contribution >= 0.6 is 34.8 Å². The van der Waals surface area contributed by atoms with E-state index in [0.29, 0.717) is 17.2 Å². The zero-order valence-corrected chi connectivity index (χ0v) is 16.6. The SMILES string of the molecule is O=C(O)CCCOc1ccc(NC(=O)NC(=O)c2ccc(Cl)cc2Cl)c(Cl)c1. The van der Waals surface area contributed by atoms with Gasteiger partial charge >= 0.3 is 12.0 Å². The Labute approximate surface area is 175 Å². The Morgan fingerprint density at radius 1 is 1.00 bits per heavy atom. The van der Waals surface area contributed by atoms with Gasteiger partial charge in [-0.25, -0.2) is 4.79 Å². The summed E-state index contributed by atoms with van der Waals surface area (Å²) >= 11 is 17.8. The molecule has 0 aliphatic heterocycles. The Morgan fingerprint density at radius 2 is 1.75 bits per heavy atom. The predicted molar refractivity (Wildman–Crippen MR) is 107 cm³/mol. The molecule has 0 heterocycles. The molecule has 7 nitrogen and oxygen atoms in total. The van der Waals surface area contributed by atoms with Crippen molar-refractivity contribution in [3.05, 3.63) is 57.0 Å². The second-order valence-corrected chi connectivity index (χ2v) is 6.77. The van der Waals surface area contributed by atoms with Crippen molar-refractivity contribution < 1.29 is 24.2 Å². The van der Waals surface area contributed by atoms with Crippen molar-refractivity contribution in [2.45, 2.75) is 12.8 Å². The molecule has 0 atom stereocenters. The molecule has 0 fully saturated rings. The summed E-state index contributed by atoms with van der Waals surface area (Å²) in [5, 5.41) is 13.8. The standard InChI is InChI=1S/C18H15Cl3N2O5/c19-10-3-5-12(13(20)8-10)17(26)23-18(27)22-15-6-4-11(9-14(15)21)28-7-1-2-16(24)25/h3-6,8-9H,1-2,7H2,(H,24,25)(H2,22,23,26,27). The number of carbonyl (C=O) groups excluding carboxylic acids is 2. The summed E-state index contributed by atoms with van der Waals surface area (Å²) in [6.07, 6.45) is 0.351. The Balaban J connectivity index is 1.92. The van der Waals surface area contributed by atoms with Gasteiger partial charge in [-0.15, -0.1) is 0 Å². The molecule has 3 amide bonds. The van der Waals surface area contributed by atoms with Crippen LogP contribution in [0.3, 0.4) is 0 Å². The molecule has 0 unspecified atom stereocenters. The highest BCUT2D eigenvalue weighted by Gasteiger charge is 2.15. The highest BCUT2D eigenvalue weighted by Crippen LogP contribution is 2.27. The van der Waals surface area contributed by atoms with Crippen LogP contribution in [0.25, 0.3) is 0 Å². The van der Waals surface area contributed by atoms with Gasteiger partial charge in [0.2, 0.25) is 0 Å². The van der Waals surface area contributed by atoms with Gasteiger partial charge < -0.3 is 15.2 Å². The minimum atomic E-state index is -0.901. The van der Waals surface area contributed by atoms with Gasteiger partial charge in [0.15, 0.2) is 0 Å². The first-order valence-corrected chi connectivity index (χ1v) is 9.11. The lowest BCUT2D eigenvalue weighted by Gasteiger charge is -2.11. The van der Waals surface area contributed by atoms with Crippen LogP contribution in [-0.4, -0.2) is 29.6 Å². The first kappa shape index (κ1) is 21.8. The lowest BCUT2D eigenvalue weighted by Crippen LogP contribution is -2.34. The van der Waals surface area contributed by atoms with E-state index in [9.17, 15) is 14.4 Å². The van der Waals surface area contributed by atoms with E-state index in [1.54, 1.807) is 6.07 Å². The maximum Gasteiger partial charge on any atom is 0.326 e. The molecule has 148 valence electrons. The number of ether oxygens (including phenoxy) is 1. The summed E-state index contributed by atoms with van der Waals surface area (Å²) in [6.45, 7) is 0.215. The van der Waals surface area contributed by atoms with Crippen LogP contribution < -0.4 is 15.4 Å². The number of aliphatic carboxylic acids is 1. The third kappa shape index (κ3) is 6.60. The number of carbonyl (C=O) groups is 3. The molecule has 0 aromatic heterocycles. The number of nitrogens with one attached hydrogen (secondary N) is 2. The Kier molecular flexibility index (Phi) is 7.92. The van der Waals surface area contributed by atoms with Crippen LogP contribution in [0.15, 0.2) is 36.4 Å². The molecule has 0 saturated heterocycles. The van der Waals surface area contributed by atoms with Gasteiger partial charge in [-0.05, 0) is 36.8 Å². The van der Waals surface area contributed by atoms with Crippen LogP contribution in [-0.2, 0) is 4.79 Å². The summed E-state index contributed by atoms with van der Waals surface area (Å²) in [5.41, 5.74) is 0.351. The maximum atomic E-state index is 12.1. The second kappa shape index (κ2) is 10.2. The lowest BCUT2D eigenvalue weighted by molar-refractivity contribution is -0.137. The lowest BCUT2D eigenvalue weighted by atomic mass is 10.2. The minimum absolute atomic E-state index is 0.000787. The topological polar surface area (TPSA) is 105 Å². The summed E-state index contributed by atoms with van der Waals surface area (Å²) in [6, 6.07) is 7.99. The van der Waals surface area contributed by atoms with Crippen molar-refractivity contribution in [3.8, 4) is 5.75 Å². The smallest absolute Gasteiger partial charge is 0.326 e. The molecule has 2 aromatic carbocycles. The molecule has 0 aliphatic rings. The van der Waals surface area contributed by atoms with Gasteiger partial charge in [0.1, 0.15) is 5.75 Å². The Morgan fingerprint density at radius 3 is 2.39 bits per heavy atom. The van der Waals surface area contributed by atoms with Crippen molar-refractivity contribution >= 4 is 58.4 Å². The predicted octanol–water partition coefficient (Wildman–Crippen LogP) is 4.85. The fourth-order valence-corrected chi connectivity index (χ4v) is 2.81. The number of anilines is 1. The average molecular weight is 446 g/mol. The van der Waals surface area contributed by atoms with Crippen molar-refractivity contribution in [3.63, 3.8) is 0 Å². The van der Waals surface area contributed by atoms with Crippen LogP contribution in [0.1, 0.15) is 23.2 Å². The number of carboxylic acids is 1. The van der Waals surface area contributed by atoms with Crippen LogP contribution in [0.2, 0.25) is 15.1 Å². The normalized spacial score (nSPS) is 10.2. The van der Waals surface area contributed by atoms with Gasteiger partial charge in [0.05, 0.1) is 27.9 Å². The summed E-state index contributed by atoms with van der Waals surface area (Å²) in [5.74, 6) is -1.18. The second-order valence-electron chi connectivity index (χ2n) is 5.52. The van der Waals surface area contributed by atoms with Crippen LogP contribution in [0.4, 0.5) is 10.5 Å². The Hall–Kier alpha value is -2.48. The molecule has 10 heteroatoms. The Bertz CT molecular complexity index is 905. The number of imide groups is 1. The molecule has 0 aliphatic carbocycles. The number of rotatable bonds is 7. The summed E-state index contributed by atoms with van der Waals surface area (Å²) < 4.78 is 5.39. The largest absolute Gasteiger partial charge is 0.494 e. The van der Waals surface area contributed by atoms with E-state index in [1.807, 2.05) is 0 Å². The van der Waals surface area contributed by atoms with E-state index >= 15 is 0 Å². The molecule has 2 aromatic rings. The molecule has 0 spiro atoms. The van der Waals surface area contributed by atoms with Gasteiger partial charge in [-0.1, -0.05) is 34.8 Å². The molecule has 2 rings (SSSR count). The molecule has 28 heavy (non-hydrogen) atoms. The van der Waals surface area contributed by atoms with E-state index in [2.05, 4.69) is 10.6 Å². The van der Waals surface area contributed by atoms with Crippen molar-refractivity contribution in [1.29, 1.82) is 0 Å². The van der Waals surface area contributed by atoms with E-state index in [0.717, 1.165) is 0 Å². The third-order valence-corrected chi connectivity index (χ3v) is 4.26. The summed E-state index contributed by atoms with van der Waals surface area (Å²) in [7, 11) is 0. The van der Waals surface area contributed by atoms with Gasteiger partial charge in [0.25, 0.3) is 5.91 Å². The average Bonchev–Trinajstić information content (AvgIpc) is 2.60. The highest BCUT2D eigenvalue weighted by molar-refractivity contribution is 6.37. The number of hydrogen-bond donors (Lipinski definition) is 3. The zero-order chi connectivity index (χ0) is 20.7. The fraction of sp³-hybridized carbons (Fsp3) is 0.167. The molecular weight excluding hydrogens is 431 g/mol. The number of urea groups is 1. The number of halogens is 3. The number of amides is 3. The molecule has 3 N–H and O–H groups in total. The molecule has 0 radical (unpaired) electrons. The van der Waals surface area contributed by atoms with E-state index in [-0.39, 0.29) is 34.3 Å². The third-order valence-electron chi connectivity index (χ3n) is 3.40. The van der Waals surface area contributed by atoms with Gasteiger partial charge in [-0.3, -0.25) is 14.9 Å². The number of benzene rings is 2. The first-order valence-electron chi connectivity index (χ1n) is 7.98. The minimum Gasteiger partial charge on any atom is -0.494 e. The number of hydrogen-bond acceptors (Lipinski definition) is 4. The van der Waals surface area contributed by atoms with Crippen molar-refractivity contribution in [2.75, 3.05) is 11.9 Å². The highest BCUT2D eigenvalue weighted by atomic mass is 35.5. The fourth-order valence-electron chi connectivity index (χ4n) is 2.10. The van der Waals surface area contributed by atoms with Crippen molar-refractivity contribution in [1.82, 2.24) is 5.32 Å². The van der Waals surface area contributed by atoms with Crippen LogP contribution in [0, 0.1) is 0 Å². The van der Waals surface area contributed by atoms with E-state index < -0.39 is 17.9 Å². The van der Waals surface area contributed by atoms with Crippen molar-refractivity contribution in [2.24, 2.45) is 0 Å². The first-order chi connectivity index (χ1) is 13.3. The molecule has 0 bridgehead atoms. The zero-order valence-electron chi connectivity index (χ0n) is 14.3. The van der Waals surface area contributed by atoms with E-state index in [4.69, 9.17) is 44.6 Å². The van der Waals surface area contributed by atoms with Gasteiger partial charge in [-0.2, -0.15) is 0 Å². The molecular formula is C18H15Cl3N2O5. The summed E-state index contributed by atoms with van der Waals surface area (Å²) in [4.78, 5) is 34.6. The maximum absolute atomic E-state index is 12.1.